The van der Waals surface area contributed by atoms with Gasteiger partial charge in [0.1, 0.15) is 5.82 Å². The predicted molar refractivity (Wildman–Crippen MR) is 165 cm³/mol. The minimum absolute atomic E-state index is 0.00805. The summed E-state index contributed by atoms with van der Waals surface area (Å²) in [5, 5.41) is 3.56. The van der Waals surface area contributed by atoms with Gasteiger partial charge in [-0.25, -0.2) is 0 Å². The molecule has 1 heterocycles. The van der Waals surface area contributed by atoms with Gasteiger partial charge in [-0.2, -0.15) is 16.8 Å². The van der Waals surface area contributed by atoms with E-state index in [1.54, 1.807) is 72.3 Å². The van der Waals surface area contributed by atoms with Crippen molar-refractivity contribution in [2.45, 2.75) is 30.1 Å². The number of para-hydroxylation sites is 1. The van der Waals surface area contributed by atoms with Crippen LogP contribution in [-0.2, 0) is 33.5 Å². The smallest absolute Gasteiger partial charge is 0.278 e. The maximum absolute atomic E-state index is 14.3. The molecule has 0 fully saturated rings. The van der Waals surface area contributed by atoms with Crippen LogP contribution in [0.25, 0.3) is 10.9 Å². The number of amides is 1. The van der Waals surface area contributed by atoms with Crippen molar-refractivity contribution < 1.29 is 21.6 Å². The van der Waals surface area contributed by atoms with Crippen LogP contribution in [0.4, 0.5) is 5.82 Å². The van der Waals surface area contributed by atoms with Gasteiger partial charge in [-0.3, -0.25) is 4.79 Å². The number of nitrogens with one attached hydrogen (secondary N) is 1. The maximum atomic E-state index is 14.3. The first kappa shape index (κ1) is 29.1. The lowest BCUT2D eigenvalue weighted by Crippen LogP contribution is -2.39. The molecule has 0 radical (unpaired) electrons. The first-order chi connectivity index (χ1) is 20.0. The standard InChI is InChI=1S/C32H31N3O5S2/c1-23-13-17-26(18-14-23)41(37,38)35(42(39,40)27-19-15-24(2)16-20-27)32-29(28-11-7-8-12-30(28)34(32)3)21-22-33-31(36)25-9-5-4-6-10-25/h4-20H,21-22H2,1-3H3,(H,33,36). The third-order valence-electron chi connectivity index (χ3n) is 7.12. The highest BCUT2D eigenvalue weighted by atomic mass is 32.3. The molecule has 0 atom stereocenters. The van der Waals surface area contributed by atoms with Crippen molar-refractivity contribution >= 4 is 42.7 Å². The molecule has 0 aliphatic rings. The van der Waals surface area contributed by atoms with E-state index in [0.29, 0.717) is 25.7 Å². The van der Waals surface area contributed by atoms with E-state index in [0.717, 1.165) is 11.1 Å². The Morgan fingerprint density at radius 1 is 0.714 bits per heavy atom. The topological polar surface area (TPSA) is 106 Å². The molecule has 10 heteroatoms. The van der Waals surface area contributed by atoms with Crippen LogP contribution in [0.1, 0.15) is 27.0 Å². The third kappa shape index (κ3) is 5.43. The number of rotatable bonds is 9. The van der Waals surface area contributed by atoms with Crippen LogP contribution in [-0.4, -0.2) is 33.9 Å². The number of hydrogen-bond donors (Lipinski definition) is 1. The van der Waals surface area contributed by atoms with Crippen molar-refractivity contribution in [3.8, 4) is 0 Å². The molecule has 0 saturated heterocycles. The van der Waals surface area contributed by atoms with E-state index >= 15 is 0 Å². The Labute approximate surface area is 246 Å². The molecule has 1 N–H and O–H groups in total. The fraction of sp³-hybridized carbons (Fsp3) is 0.156. The normalized spacial score (nSPS) is 11.9. The van der Waals surface area contributed by atoms with Gasteiger partial charge in [0.2, 0.25) is 0 Å². The van der Waals surface area contributed by atoms with E-state index in [9.17, 15) is 21.6 Å². The molecule has 8 nitrogen and oxygen atoms in total. The van der Waals surface area contributed by atoms with Crippen LogP contribution in [0, 0.1) is 13.8 Å². The molecule has 1 amide bonds. The highest BCUT2D eigenvalue weighted by Crippen LogP contribution is 2.39. The predicted octanol–water partition coefficient (Wildman–Crippen LogP) is 5.35. The van der Waals surface area contributed by atoms with Gasteiger partial charge < -0.3 is 9.88 Å². The molecule has 0 bridgehead atoms. The zero-order chi connectivity index (χ0) is 30.1. The summed E-state index contributed by atoms with van der Waals surface area (Å²) in [5.74, 6) is -0.292. The third-order valence-corrected chi connectivity index (χ3v) is 11.3. The zero-order valence-electron chi connectivity index (χ0n) is 23.5. The van der Waals surface area contributed by atoms with Gasteiger partial charge in [-0.05, 0) is 62.7 Å². The largest absolute Gasteiger partial charge is 0.352 e. The van der Waals surface area contributed by atoms with E-state index in [2.05, 4.69) is 5.32 Å². The molecule has 0 unspecified atom stereocenters. The summed E-state index contributed by atoms with van der Waals surface area (Å²) in [7, 11) is -7.61. The van der Waals surface area contributed by atoms with E-state index in [1.165, 1.54) is 24.3 Å². The number of carbonyl (C=O) groups excluding carboxylic acids is 1. The Bertz CT molecular complexity index is 1890. The number of anilines is 1. The fourth-order valence-electron chi connectivity index (χ4n) is 4.90. The highest BCUT2D eigenvalue weighted by molar-refractivity contribution is 8.10. The van der Waals surface area contributed by atoms with Gasteiger partial charge in [0, 0.05) is 35.6 Å². The van der Waals surface area contributed by atoms with Crippen molar-refractivity contribution in [1.82, 2.24) is 9.88 Å². The van der Waals surface area contributed by atoms with Gasteiger partial charge in [-0.15, -0.1) is 3.71 Å². The second-order valence-corrected chi connectivity index (χ2v) is 13.9. The molecular weight excluding hydrogens is 571 g/mol. The number of aromatic nitrogens is 1. The SMILES string of the molecule is Cc1ccc(S(=O)(=O)N(c2c(CCNC(=O)c3ccccc3)c3ccccc3n2C)S(=O)(=O)c2ccc(C)cc2)cc1. The number of sulfonamides is 2. The van der Waals surface area contributed by atoms with Crippen LogP contribution in [0.3, 0.4) is 0 Å². The van der Waals surface area contributed by atoms with Gasteiger partial charge in [0.25, 0.3) is 26.0 Å². The monoisotopic (exact) mass is 601 g/mol. The van der Waals surface area contributed by atoms with Gasteiger partial charge in [0.05, 0.1) is 9.79 Å². The summed E-state index contributed by atoms with van der Waals surface area (Å²) in [6, 6.07) is 28.1. The Morgan fingerprint density at radius 2 is 1.21 bits per heavy atom. The van der Waals surface area contributed by atoms with Gasteiger partial charge in [0.15, 0.2) is 0 Å². The average molecular weight is 602 g/mol. The second-order valence-electron chi connectivity index (χ2n) is 10.1. The molecule has 1 aromatic heterocycles. The molecule has 0 saturated carbocycles. The summed E-state index contributed by atoms with van der Waals surface area (Å²) in [6.07, 6.45) is 0.179. The lowest BCUT2D eigenvalue weighted by molar-refractivity contribution is 0.0954. The lowest BCUT2D eigenvalue weighted by Gasteiger charge is -2.26. The first-order valence-electron chi connectivity index (χ1n) is 13.4. The molecule has 216 valence electrons. The van der Waals surface area contributed by atoms with Crippen LogP contribution >= 0.6 is 0 Å². The van der Waals surface area contributed by atoms with Crippen LogP contribution in [0.5, 0.6) is 0 Å². The summed E-state index contributed by atoms with van der Waals surface area (Å²) in [6.45, 7) is 3.80. The number of benzene rings is 4. The van der Waals surface area contributed by atoms with Crippen molar-refractivity contribution in [1.29, 1.82) is 0 Å². The molecule has 42 heavy (non-hydrogen) atoms. The minimum Gasteiger partial charge on any atom is -0.352 e. The van der Waals surface area contributed by atoms with Crippen molar-refractivity contribution in [3.05, 3.63) is 125 Å². The van der Waals surface area contributed by atoms with E-state index in [4.69, 9.17) is 0 Å². The van der Waals surface area contributed by atoms with Gasteiger partial charge in [-0.1, -0.05) is 71.8 Å². The Hall–Kier alpha value is -4.41. The minimum atomic E-state index is -4.63. The van der Waals surface area contributed by atoms with Crippen LogP contribution in [0.15, 0.2) is 113 Å². The van der Waals surface area contributed by atoms with Crippen molar-refractivity contribution in [2.75, 3.05) is 10.3 Å². The quantitative estimate of drug-likeness (QED) is 0.245. The van der Waals surface area contributed by atoms with Crippen molar-refractivity contribution in [3.63, 3.8) is 0 Å². The maximum Gasteiger partial charge on any atom is 0.278 e. The van der Waals surface area contributed by atoms with Crippen LogP contribution in [0.2, 0.25) is 0 Å². The number of nitrogens with zero attached hydrogens (tertiary/aromatic N) is 2. The van der Waals surface area contributed by atoms with E-state index in [-0.39, 0.29) is 34.5 Å². The number of fused-ring (bicyclic) bond motifs is 1. The van der Waals surface area contributed by atoms with Crippen LogP contribution < -0.4 is 9.03 Å². The molecule has 0 spiro atoms. The Kier molecular flexibility index (Phi) is 7.94. The van der Waals surface area contributed by atoms with E-state index in [1.807, 2.05) is 32.0 Å². The average Bonchev–Trinajstić information content (AvgIpc) is 3.24. The second kappa shape index (κ2) is 11.5. The molecule has 5 aromatic rings. The Balaban J connectivity index is 1.69. The highest BCUT2D eigenvalue weighted by Gasteiger charge is 2.40. The number of aryl methyl sites for hydroxylation is 3. The lowest BCUT2D eigenvalue weighted by atomic mass is 10.1. The number of carbonyl (C=O) groups is 1. The molecular formula is C32H31N3O5S2. The summed E-state index contributed by atoms with van der Waals surface area (Å²) >= 11 is 0. The Morgan fingerprint density at radius 3 is 1.76 bits per heavy atom. The zero-order valence-corrected chi connectivity index (χ0v) is 25.1. The van der Waals surface area contributed by atoms with E-state index < -0.39 is 20.0 Å². The van der Waals surface area contributed by atoms with Gasteiger partial charge >= 0.3 is 0 Å². The van der Waals surface area contributed by atoms with Crippen molar-refractivity contribution in [2.24, 2.45) is 7.05 Å². The summed E-state index contributed by atoms with van der Waals surface area (Å²) in [5.41, 5.74) is 3.29. The number of hydrogen-bond acceptors (Lipinski definition) is 5. The molecule has 0 aliphatic carbocycles. The first-order valence-corrected chi connectivity index (χ1v) is 16.2. The summed E-state index contributed by atoms with van der Waals surface area (Å²) < 4.78 is 59.5. The fourth-order valence-corrected chi connectivity index (χ4v) is 8.71. The molecule has 4 aromatic carbocycles. The summed E-state index contributed by atoms with van der Waals surface area (Å²) in [4.78, 5) is 12.4. The molecule has 0 aliphatic heterocycles. The molecule has 5 rings (SSSR count).